The Morgan fingerprint density at radius 1 is 1.50 bits per heavy atom. The maximum absolute atomic E-state index is 12.4. The van der Waals surface area contributed by atoms with Gasteiger partial charge in [-0.1, -0.05) is 12.2 Å². The van der Waals surface area contributed by atoms with Crippen molar-refractivity contribution in [3.63, 3.8) is 0 Å². The van der Waals surface area contributed by atoms with E-state index in [1.165, 1.54) is 4.90 Å². The number of rotatable bonds is 6. The van der Waals surface area contributed by atoms with Gasteiger partial charge in [0.15, 0.2) is 0 Å². The number of aliphatic hydroxyl groups excluding tert-OH is 1. The summed E-state index contributed by atoms with van der Waals surface area (Å²) in [5.41, 5.74) is 6.74. The molecule has 0 radical (unpaired) electrons. The average Bonchev–Trinajstić information content (AvgIpc) is 2.27. The van der Waals surface area contributed by atoms with Crippen LogP contribution >= 0.6 is 28.1 Å². The molecule has 1 aromatic rings. The zero-order valence-corrected chi connectivity index (χ0v) is 11.8. The summed E-state index contributed by atoms with van der Waals surface area (Å²) in [6.07, 6.45) is -2.47. The van der Waals surface area contributed by atoms with Gasteiger partial charge < -0.3 is 15.7 Å². The molecule has 0 spiro atoms. The van der Waals surface area contributed by atoms with Gasteiger partial charge in [0.25, 0.3) is 6.43 Å². The highest BCUT2D eigenvalue weighted by molar-refractivity contribution is 9.10. The molecular weight excluding hydrogens is 326 g/mol. The first-order valence-corrected chi connectivity index (χ1v) is 6.39. The number of alkyl halides is 2. The summed E-state index contributed by atoms with van der Waals surface area (Å²) in [6.45, 7) is -0.482. The molecule has 0 fully saturated rings. The van der Waals surface area contributed by atoms with Crippen molar-refractivity contribution in [1.29, 1.82) is 0 Å². The number of anilines is 1. The fraction of sp³-hybridized carbons (Fsp3) is 0.364. The SMILES string of the molecule is NC(=S)c1ccc(N(CCO)CC(F)F)cc1Br. The van der Waals surface area contributed by atoms with Gasteiger partial charge in [0, 0.05) is 22.3 Å². The van der Waals surface area contributed by atoms with E-state index in [0.717, 1.165) is 0 Å². The van der Waals surface area contributed by atoms with Gasteiger partial charge in [-0.3, -0.25) is 0 Å². The van der Waals surface area contributed by atoms with Gasteiger partial charge in [0.1, 0.15) is 4.99 Å². The molecule has 3 nitrogen and oxygen atoms in total. The van der Waals surface area contributed by atoms with Gasteiger partial charge in [-0.2, -0.15) is 0 Å². The van der Waals surface area contributed by atoms with Crippen molar-refractivity contribution in [2.24, 2.45) is 5.73 Å². The highest BCUT2D eigenvalue weighted by atomic mass is 79.9. The third kappa shape index (κ3) is 4.15. The zero-order chi connectivity index (χ0) is 13.7. The van der Waals surface area contributed by atoms with Crippen LogP contribution in [0.1, 0.15) is 5.56 Å². The van der Waals surface area contributed by atoms with Gasteiger partial charge in [0.05, 0.1) is 13.2 Å². The van der Waals surface area contributed by atoms with Crippen molar-refractivity contribution in [1.82, 2.24) is 0 Å². The molecule has 1 aromatic carbocycles. The third-order valence-corrected chi connectivity index (χ3v) is 3.19. The molecule has 7 heteroatoms. The van der Waals surface area contributed by atoms with E-state index in [1.54, 1.807) is 18.2 Å². The first-order valence-electron chi connectivity index (χ1n) is 5.19. The summed E-state index contributed by atoms with van der Waals surface area (Å²) in [7, 11) is 0. The monoisotopic (exact) mass is 338 g/mol. The Bertz CT molecular complexity index is 432. The maximum atomic E-state index is 12.4. The standard InChI is InChI=1S/C11H13BrF2N2OS/c12-9-5-7(1-2-8(9)11(15)18)16(3-4-17)6-10(13)14/h1-2,5,10,17H,3-4,6H2,(H2,15,18). The second kappa shape index (κ2) is 6.96. The van der Waals surface area contributed by atoms with Gasteiger partial charge >= 0.3 is 0 Å². The Morgan fingerprint density at radius 3 is 2.61 bits per heavy atom. The second-order valence-electron chi connectivity index (χ2n) is 3.59. The van der Waals surface area contributed by atoms with Crippen LogP contribution in [0.2, 0.25) is 0 Å². The predicted molar refractivity (Wildman–Crippen MR) is 75.3 cm³/mol. The fourth-order valence-corrected chi connectivity index (χ4v) is 2.40. The first kappa shape index (κ1) is 15.3. The Labute approximate surface area is 118 Å². The minimum atomic E-state index is -2.47. The molecule has 0 amide bonds. The molecular formula is C11H13BrF2N2OS. The lowest BCUT2D eigenvalue weighted by atomic mass is 10.2. The Hall–Kier alpha value is -0.790. The average molecular weight is 339 g/mol. The maximum Gasteiger partial charge on any atom is 0.255 e. The molecule has 0 aliphatic carbocycles. The van der Waals surface area contributed by atoms with Crippen molar-refractivity contribution in [3.8, 4) is 0 Å². The highest BCUT2D eigenvalue weighted by Crippen LogP contribution is 2.24. The van der Waals surface area contributed by atoms with Crippen LogP contribution < -0.4 is 10.6 Å². The molecule has 0 aliphatic rings. The van der Waals surface area contributed by atoms with Gasteiger partial charge in [-0.15, -0.1) is 0 Å². The number of benzene rings is 1. The molecule has 0 unspecified atom stereocenters. The van der Waals surface area contributed by atoms with Crippen LogP contribution in [0.4, 0.5) is 14.5 Å². The Kier molecular flexibility index (Phi) is 5.90. The molecule has 1 rings (SSSR count). The van der Waals surface area contributed by atoms with Crippen molar-refractivity contribution < 1.29 is 13.9 Å². The van der Waals surface area contributed by atoms with E-state index in [4.69, 9.17) is 23.1 Å². The molecule has 0 bridgehead atoms. The van der Waals surface area contributed by atoms with Crippen molar-refractivity contribution in [2.75, 3.05) is 24.6 Å². The number of thiocarbonyl (C=S) groups is 1. The molecule has 100 valence electrons. The van der Waals surface area contributed by atoms with Crippen LogP contribution in [-0.2, 0) is 0 Å². The summed E-state index contributed by atoms with van der Waals surface area (Å²) in [4.78, 5) is 1.63. The van der Waals surface area contributed by atoms with E-state index in [1.807, 2.05) is 0 Å². The topological polar surface area (TPSA) is 49.5 Å². The van der Waals surface area contributed by atoms with E-state index in [-0.39, 0.29) is 18.1 Å². The lowest BCUT2D eigenvalue weighted by molar-refractivity contribution is 0.153. The molecule has 0 atom stereocenters. The van der Waals surface area contributed by atoms with Crippen molar-refractivity contribution in [2.45, 2.75) is 6.43 Å². The number of halogens is 3. The summed E-state index contributed by atoms with van der Waals surface area (Å²) >= 11 is 8.14. The van der Waals surface area contributed by atoms with Crippen molar-refractivity contribution >= 4 is 38.8 Å². The number of hydrogen-bond acceptors (Lipinski definition) is 3. The number of hydrogen-bond donors (Lipinski definition) is 2. The first-order chi connectivity index (χ1) is 8.45. The van der Waals surface area contributed by atoms with Gasteiger partial charge in [-0.25, -0.2) is 8.78 Å². The number of nitrogens with two attached hydrogens (primary N) is 1. The molecule has 0 saturated heterocycles. The predicted octanol–water partition coefficient (Wildman–Crippen LogP) is 2.15. The summed E-state index contributed by atoms with van der Waals surface area (Å²) in [6, 6.07) is 4.97. The smallest absolute Gasteiger partial charge is 0.255 e. The quantitative estimate of drug-likeness (QED) is 0.780. The van der Waals surface area contributed by atoms with E-state index in [2.05, 4.69) is 15.9 Å². The molecule has 3 N–H and O–H groups in total. The molecule has 0 heterocycles. The van der Waals surface area contributed by atoms with E-state index in [9.17, 15) is 8.78 Å². The fourth-order valence-electron chi connectivity index (χ4n) is 1.51. The third-order valence-electron chi connectivity index (χ3n) is 2.31. The van der Waals surface area contributed by atoms with Crippen LogP contribution in [0.25, 0.3) is 0 Å². The largest absolute Gasteiger partial charge is 0.395 e. The van der Waals surface area contributed by atoms with Crippen LogP contribution in [0.15, 0.2) is 22.7 Å². The minimum Gasteiger partial charge on any atom is -0.395 e. The normalized spacial score (nSPS) is 10.7. The van der Waals surface area contributed by atoms with E-state index in [0.29, 0.717) is 15.7 Å². The summed E-state index contributed by atoms with van der Waals surface area (Å²) in [5, 5.41) is 8.88. The molecule has 0 aromatic heterocycles. The highest BCUT2D eigenvalue weighted by Gasteiger charge is 2.14. The van der Waals surface area contributed by atoms with Gasteiger partial charge in [-0.05, 0) is 34.1 Å². The number of nitrogens with zero attached hydrogens (tertiary/aromatic N) is 1. The van der Waals surface area contributed by atoms with Crippen LogP contribution in [0.3, 0.4) is 0 Å². The van der Waals surface area contributed by atoms with Gasteiger partial charge in [0.2, 0.25) is 0 Å². The molecule has 0 saturated carbocycles. The van der Waals surface area contributed by atoms with Crippen LogP contribution in [-0.4, -0.2) is 36.2 Å². The Morgan fingerprint density at radius 2 is 2.17 bits per heavy atom. The summed E-state index contributed by atoms with van der Waals surface area (Å²) < 4.78 is 25.5. The molecule has 0 aliphatic heterocycles. The molecule has 18 heavy (non-hydrogen) atoms. The Balaban J connectivity index is 2.98. The lowest BCUT2D eigenvalue weighted by Crippen LogP contribution is -2.31. The van der Waals surface area contributed by atoms with Crippen molar-refractivity contribution in [3.05, 3.63) is 28.2 Å². The zero-order valence-electron chi connectivity index (χ0n) is 9.44. The van der Waals surface area contributed by atoms with Crippen LogP contribution in [0, 0.1) is 0 Å². The number of aliphatic hydroxyl groups is 1. The minimum absolute atomic E-state index is 0.142. The van der Waals surface area contributed by atoms with E-state index < -0.39 is 13.0 Å². The van der Waals surface area contributed by atoms with Crippen LogP contribution in [0.5, 0.6) is 0 Å². The summed E-state index contributed by atoms with van der Waals surface area (Å²) in [5.74, 6) is 0. The lowest BCUT2D eigenvalue weighted by Gasteiger charge is -2.24. The second-order valence-corrected chi connectivity index (χ2v) is 4.88. The van der Waals surface area contributed by atoms with E-state index >= 15 is 0 Å².